The van der Waals surface area contributed by atoms with E-state index in [1.807, 2.05) is 0 Å². The minimum absolute atomic E-state index is 1.09. The van der Waals surface area contributed by atoms with E-state index in [-0.39, 0.29) is 0 Å². The number of rotatable bonds is 5. The fraction of sp³-hybridized carbons (Fsp3) is 0. The monoisotopic (exact) mass is 760 g/mol. The summed E-state index contributed by atoms with van der Waals surface area (Å²) in [6.45, 7) is 0. The molecule has 0 aliphatic carbocycles. The zero-order chi connectivity index (χ0) is 39.3. The molecule has 60 heavy (non-hydrogen) atoms. The molecule has 278 valence electrons. The van der Waals surface area contributed by atoms with Crippen LogP contribution in [-0.4, -0.2) is 4.57 Å². The van der Waals surface area contributed by atoms with Crippen LogP contribution in [0.5, 0.6) is 0 Å². The van der Waals surface area contributed by atoms with Gasteiger partial charge < -0.3 is 9.47 Å². The molecule has 1 heterocycles. The van der Waals surface area contributed by atoms with Gasteiger partial charge in [0.25, 0.3) is 0 Å². The van der Waals surface area contributed by atoms with Gasteiger partial charge in [0.15, 0.2) is 0 Å². The van der Waals surface area contributed by atoms with Crippen LogP contribution in [0.15, 0.2) is 218 Å². The van der Waals surface area contributed by atoms with Crippen molar-refractivity contribution < 1.29 is 0 Å². The van der Waals surface area contributed by atoms with Crippen molar-refractivity contribution in [3.8, 4) is 16.8 Å². The van der Waals surface area contributed by atoms with Gasteiger partial charge in [0.1, 0.15) is 0 Å². The van der Waals surface area contributed by atoms with Gasteiger partial charge in [-0.1, -0.05) is 164 Å². The lowest BCUT2D eigenvalue weighted by atomic mass is 9.87. The van der Waals surface area contributed by atoms with Crippen LogP contribution in [0.25, 0.3) is 103 Å². The molecule has 0 N–H and O–H groups in total. The highest BCUT2D eigenvalue weighted by Gasteiger charge is 2.22. The minimum atomic E-state index is 1.09. The SMILES string of the molecule is c1ccc(-c2ccccc2N(c2ccc(-n3c4ccccc4c4ccccc43)cc2)c2cc3ccc4cccc5c6cccc7ccc8cccc(c(c2)c3c45)c8c76)cc1. The first-order valence-corrected chi connectivity index (χ1v) is 20.8. The van der Waals surface area contributed by atoms with Gasteiger partial charge in [-0.15, -0.1) is 0 Å². The van der Waals surface area contributed by atoms with Gasteiger partial charge >= 0.3 is 0 Å². The molecule has 0 spiro atoms. The van der Waals surface area contributed by atoms with Crippen LogP contribution < -0.4 is 4.90 Å². The van der Waals surface area contributed by atoms with Crippen molar-refractivity contribution in [2.24, 2.45) is 0 Å². The standard InChI is InChI=1S/C58H36N2/c1-2-13-37(14-3-1)45-18-4-7-24-52(45)59(42-31-33-43(34-32-42)60-53-25-8-5-19-46(53)47-20-6-9-26-54(47)60)44-35-41-30-29-40-16-11-22-49-48-21-10-15-38-27-28-39-17-12-23-50(57(39)55(38)48)51(36-44)58(41)56(40)49/h1-36H. The normalized spacial score (nSPS) is 12.0. The number of aromatic nitrogens is 1. The Morgan fingerprint density at radius 2 is 0.783 bits per heavy atom. The molecule has 2 nitrogen and oxygen atoms in total. The topological polar surface area (TPSA) is 8.17 Å². The van der Waals surface area contributed by atoms with Gasteiger partial charge in [0.05, 0.1) is 16.7 Å². The summed E-state index contributed by atoms with van der Waals surface area (Å²) in [5, 5.41) is 17.8. The maximum atomic E-state index is 2.47. The summed E-state index contributed by atoms with van der Waals surface area (Å²) < 4.78 is 2.39. The van der Waals surface area contributed by atoms with Gasteiger partial charge in [-0.2, -0.15) is 0 Å². The quantitative estimate of drug-likeness (QED) is 0.159. The lowest BCUT2D eigenvalue weighted by Crippen LogP contribution is -2.11. The number of fused-ring (bicyclic) bond motifs is 5. The molecule has 13 rings (SSSR count). The molecule has 1 aromatic heterocycles. The molecule has 0 saturated carbocycles. The summed E-state index contributed by atoms with van der Waals surface area (Å²) >= 11 is 0. The summed E-state index contributed by atoms with van der Waals surface area (Å²) in [5.41, 5.74) is 9.22. The molecule has 0 unspecified atom stereocenters. The highest BCUT2D eigenvalue weighted by atomic mass is 15.1. The third kappa shape index (κ3) is 4.76. The Hall–Kier alpha value is -7.94. The molecule has 0 amide bonds. The molecular weight excluding hydrogens is 725 g/mol. The Morgan fingerprint density at radius 3 is 1.40 bits per heavy atom. The van der Waals surface area contributed by atoms with E-state index in [0.717, 1.165) is 22.7 Å². The van der Waals surface area contributed by atoms with Crippen LogP contribution in [0.1, 0.15) is 0 Å². The molecule has 0 saturated heterocycles. The van der Waals surface area contributed by atoms with Gasteiger partial charge in [-0.3, -0.25) is 0 Å². The first-order valence-electron chi connectivity index (χ1n) is 20.8. The summed E-state index contributed by atoms with van der Waals surface area (Å²) in [5.74, 6) is 0. The second-order valence-corrected chi connectivity index (χ2v) is 16.0. The van der Waals surface area contributed by atoms with Crippen LogP contribution in [0.2, 0.25) is 0 Å². The van der Waals surface area contributed by atoms with E-state index in [0.29, 0.717) is 0 Å². The lowest BCUT2D eigenvalue weighted by Gasteiger charge is -2.29. The number of hydrogen-bond donors (Lipinski definition) is 0. The van der Waals surface area contributed by atoms with E-state index < -0.39 is 0 Å². The molecule has 2 heteroatoms. The summed E-state index contributed by atoms with van der Waals surface area (Å²) in [6, 6.07) is 80.8. The van der Waals surface area contributed by atoms with Crippen molar-refractivity contribution in [1.82, 2.24) is 4.57 Å². The maximum Gasteiger partial charge on any atom is 0.0541 e. The molecule has 0 radical (unpaired) electrons. The van der Waals surface area contributed by atoms with Crippen molar-refractivity contribution in [2.75, 3.05) is 4.90 Å². The lowest BCUT2D eigenvalue weighted by molar-refractivity contribution is 1.17. The van der Waals surface area contributed by atoms with Crippen LogP contribution in [0.3, 0.4) is 0 Å². The molecule has 13 aromatic rings. The molecule has 0 fully saturated rings. The zero-order valence-electron chi connectivity index (χ0n) is 32.7. The highest BCUT2D eigenvalue weighted by molar-refractivity contribution is 6.37. The Kier molecular flexibility index (Phi) is 7.05. The Balaban J connectivity index is 1.13. The molecule has 0 atom stereocenters. The summed E-state index contributed by atoms with van der Waals surface area (Å²) in [4.78, 5) is 2.47. The van der Waals surface area contributed by atoms with Crippen molar-refractivity contribution in [1.29, 1.82) is 0 Å². The Labute approximate surface area is 346 Å². The smallest absolute Gasteiger partial charge is 0.0541 e. The number of nitrogens with zero attached hydrogens (tertiary/aromatic N) is 2. The van der Waals surface area contributed by atoms with Crippen LogP contribution in [0.4, 0.5) is 17.1 Å². The molecule has 0 aliphatic rings. The third-order valence-electron chi connectivity index (χ3n) is 12.8. The second kappa shape index (κ2) is 12.8. The number of hydrogen-bond acceptors (Lipinski definition) is 1. The van der Waals surface area contributed by atoms with E-state index >= 15 is 0 Å². The van der Waals surface area contributed by atoms with E-state index in [9.17, 15) is 0 Å². The van der Waals surface area contributed by atoms with Gasteiger partial charge in [0, 0.05) is 33.4 Å². The van der Waals surface area contributed by atoms with Crippen LogP contribution in [-0.2, 0) is 0 Å². The fourth-order valence-electron chi connectivity index (χ4n) is 10.3. The van der Waals surface area contributed by atoms with Gasteiger partial charge in [0.2, 0.25) is 0 Å². The predicted molar refractivity (Wildman–Crippen MR) is 257 cm³/mol. The van der Waals surface area contributed by atoms with Crippen molar-refractivity contribution in [2.45, 2.75) is 0 Å². The molecule has 12 aromatic carbocycles. The number of para-hydroxylation sites is 3. The predicted octanol–water partition coefficient (Wildman–Crippen LogP) is 16.3. The van der Waals surface area contributed by atoms with E-state index in [4.69, 9.17) is 0 Å². The third-order valence-corrected chi connectivity index (χ3v) is 12.8. The zero-order valence-corrected chi connectivity index (χ0v) is 32.7. The maximum absolute atomic E-state index is 2.47. The van der Waals surface area contributed by atoms with E-state index in [1.165, 1.54) is 97.6 Å². The first-order chi connectivity index (χ1) is 29.8. The minimum Gasteiger partial charge on any atom is -0.310 e. The van der Waals surface area contributed by atoms with Crippen LogP contribution >= 0.6 is 0 Å². The van der Waals surface area contributed by atoms with Gasteiger partial charge in [-0.25, -0.2) is 0 Å². The highest BCUT2D eigenvalue weighted by Crippen LogP contribution is 2.48. The Morgan fingerprint density at radius 1 is 0.300 bits per heavy atom. The van der Waals surface area contributed by atoms with Crippen molar-refractivity contribution in [3.63, 3.8) is 0 Å². The summed E-state index contributed by atoms with van der Waals surface area (Å²) in [6.07, 6.45) is 0. The fourth-order valence-corrected chi connectivity index (χ4v) is 10.3. The Bertz CT molecular complexity index is 3760. The largest absolute Gasteiger partial charge is 0.310 e. The molecule has 0 aliphatic heterocycles. The average Bonchev–Trinajstić information content (AvgIpc) is 3.65. The molecule has 0 bridgehead atoms. The van der Waals surface area contributed by atoms with Crippen LogP contribution in [0, 0.1) is 0 Å². The van der Waals surface area contributed by atoms with Crippen molar-refractivity contribution in [3.05, 3.63) is 218 Å². The van der Waals surface area contributed by atoms with E-state index in [2.05, 4.69) is 228 Å². The average molecular weight is 761 g/mol. The van der Waals surface area contributed by atoms with Gasteiger partial charge in [-0.05, 0) is 125 Å². The second-order valence-electron chi connectivity index (χ2n) is 16.0. The van der Waals surface area contributed by atoms with E-state index in [1.54, 1.807) is 0 Å². The summed E-state index contributed by atoms with van der Waals surface area (Å²) in [7, 11) is 0. The number of benzene rings is 11. The molecular formula is C58H36N2. The van der Waals surface area contributed by atoms with Crippen molar-refractivity contribution >= 4 is 104 Å². The number of anilines is 3. The first kappa shape index (κ1) is 33.1.